The third-order valence-electron chi connectivity index (χ3n) is 4.57. The van der Waals surface area contributed by atoms with Crippen LogP contribution in [-0.2, 0) is 4.74 Å². The second kappa shape index (κ2) is 6.53. The molecular formula is C16H31N3O2. The highest BCUT2D eigenvalue weighted by molar-refractivity contribution is 5.67. The summed E-state index contributed by atoms with van der Waals surface area (Å²) in [5, 5.41) is 0. The van der Waals surface area contributed by atoms with Crippen LogP contribution in [0.4, 0.5) is 4.79 Å². The molecule has 21 heavy (non-hydrogen) atoms. The first-order valence-electron chi connectivity index (χ1n) is 8.25. The normalized spacial score (nSPS) is 30.3. The minimum Gasteiger partial charge on any atom is -0.443 e. The SMILES string of the molecule is CC(C)N1CC2CCCC(C1)C2NNC(=O)OC(C)(C)C. The van der Waals surface area contributed by atoms with Crippen LogP contribution in [-0.4, -0.2) is 41.8 Å². The van der Waals surface area contributed by atoms with Crippen molar-refractivity contribution in [2.24, 2.45) is 11.8 Å². The molecule has 5 heteroatoms. The lowest BCUT2D eigenvalue weighted by Gasteiger charge is -2.48. The number of carbonyl (C=O) groups excluding carboxylic acids is 1. The summed E-state index contributed by atoms with van der Waals surface area (Å²) in [6.45, 7) is 12.4. The third kappa shape index (κ3) is 4.58. The predicted octanol–water partition coefficient (Wildman–Crippen LogP) is 2.52. The second-order valence-corrected chi connectivity index (χ2v) is 7.80. The molecule has 2 aliphatic rings. The number of piperidine rings is 1. The Balaban J connectivity index is 1.87. The van der Waals surface area contributed by atoms with Crippen LogP contribution in [0, 0.1) is 11.8 Å². The number of hydrogen-bond donors (Lipinski definition) is 2. The van der Waals surface area contributed by atoms with Gasteiger partial charge >= 0.3 is 6.09 Å². The van der Waals surface area contributed by atoms with E-state index in [1.165, 1.54) is 19.3 Å². The fourth-order valence-electron chi connectivity index (χ4n) is 3.58. The number of fused-ring (bicyclic) bond motifs is 2. The molecule has 0 spiro atoms. The van der Waals surface area contributed by atoms with Gasteiger partial charge in [0, 0.05) is 25.2 Å². The van der Waals surface area contributed by atoms with Crippen molar-refractivity contribution >= 4 is 6.09 Å². The Bertz CT molecular complexity index is 351. The van der Waals surface area contributed by atoms with Gasteiger partial charge in [-0.2, -0.15) is 0 Å². The van der Waals surface area contributed by atoms with E-state index in [0.717, 1.165) is 13.1 Å². The number of nitrogens with one attached hydrogen (secondary N) is 2. The molecule has 2 bridgehead atoms. The molecule has 2 unspecified atom stereocenters. The minimum absolute atomic E-state index is 0.376. The van der Waals surface area contributed by atoms with Gasteiger partial charge in [-0.15, -0.1) is 0 Å². The third-order valence-corrected chi connectivity index (χ3v) is 4.57. The molecule has 0 radical (unpaired) electrons. The summed E-state index contributed by atoms with van der Waals surface area (Å²) in [6, 6.07) is 0.981. The van der Waals surface area contributed by atoms with Crippen molar-refractivity contribution < 1.29 is 9.53 Å². The van der Waals surface area contributed by atoms with Crippen LogP contribution < -0.4 is 10.9 Å². The molecule has 122 valence electrons. The summed E-state index contributed by atoms with van der Waals surface area (Å²) >= 11 is 0. The lowest BCUT2D eigenvalue weighted by atomic mass is 9.73. The highest BCUT2D eigenvalue weighted by Crippen LogP contribution is 2.35. The standard InChI is InChI=1S/C16H31N3O2/c1-11(2)19-9-12-7-6-8-13(10-19)14(12)17-18-15(20)21-16(3,4)5/h11-14,17H,6-10H2,1-5H3,(H,18,20). The fraction of sp³-hybridized carbons (Fsp3) is 0.938. The molecule has 5 nitrogen and oxygen atoms in total. The summed E-state index contributed by atoms with van der Waals surface area (Å²) in [7, 11) is 0. The molecule has 0 aromatic rings. The first-order valence-corrected chi connectivity index (χ1v) is 8.25. The van der Waals surface area contributed by atoms with Crippen LogP contribution in [0.25, 0.3) is 0 Å². The van der Waals surface area contributed by atoms with E-state index in [2.05, 4.69) is 29.6 Å². The Morgan fingerprint density at radius 1 is 1.19 bits per heavy atom. The fourth-order valence-corrected chi connectivity index (χ4v) is 3.58. The van der Waals surface area contributed by atoms with Crippen LogP contribution in [0.2, 0.25) is 0 Å². The highest BCUT2D eigenvalue weighted by atomic mass is 16.6. The van der Waals surface area contributed by atoms with Crippen molar-refractivity contribution in [1.82, 2.24) is 15.8 Å². The number of rotatable bonds is 3. The topological polar surface area (TPSA) is 53.6 Å². The number of amides is 1. The minimum atomic E-state index is -0.456. The van der Waals surface area contributed by atoms with E-state index >= 15 is 0 Å². The molecule has 1 amide bonds. The van der Waals surface area contributed by atoms with Crippen molar-refractivity contribution in [2.45, 2.75) is 71.6 Å². The van der Waals surface area contributed by atoms with Crippen molar-refractivity contribution in [3.05, 3.63) is 0 Å². The molecule has 1 aliphatic carbocycles. The van der Waals surface area contributed by atoms with Gasteiger partial charge in [-0.05, 0) is 59.3 Å². The Hall–Kier alpha value is -0.810. The summed E-state index contributed by atoms with van der Waals surface area (Å²) in [4.78, 5) is 14.4. The number of hydrogen-bond acceptors (Lipinski definition) is 4. The number of nitrogens with zero attached hydrogens (tertiary/aromatic N) is 1. The van der Waals surface area contributed by atoms with E-state index in [-0.39, 0.29) is 6.09 Å². The molecule has 1 saturated heterocycles. The van der Waals surface area contributed by atoms with Crippen LogP contribution in [0.3, 0.4) is 0 Å². The zero-order chi connectivity index (χ0) is 15.6. The van der Waals surface area contributed by atoms with Gasteiger partial charge in [0.2, 0.25) is 0 Å². The van der Waals surface area contributed by atoms with E-state index in [4.69, 9.17) is 4.74 Å². The molecule has 2 atom stereocenters. The van der Waals surface area contributed by atoms with Crippen LogP contribution >= 0.6 is 0 Å². The molecule has 2 rings (SSSR count). The Morgan fingerprint density at radius 2 is 1.76 bits per heavy atom. The molecule has 1 aliphatic heterocycles. The van der Waals surface area contributed by atoms with Gasteiger partial charge in [0.1, 0.15) is 5.60 Å². The summed E-state index contributed by atoms with van der Waals surface area (Å²) in [5.41, 5.74) is 5.55. The van der Waals surface area contributed by atoms with E-state index < -0.39 is 5.60 Å². The average molecular weight is 297 g/mol. The van der Waals surface area contributed by atoms with E-state index in [1.54, 1.807) is 0 Å². The Kier molecular flexibility index (Phi) is 5.15. The largest absolute Gasteiger partial charge is 0.443 e. The van der Waals surface area contributed by atoms with Gasteiger partial charge in [0.15, 0.2) is 0 Å². The highest BCUT2D eigenvalue weighted by Gasteiger charge is 2.40. The second-order valence-electron chi connectivity index (χ2n) is 7.80. The maximum atomic E-state index is 11.8. The first-order chi connectivity index (χ1) is 9.76. The predicted molar refractivity (Wildman–Crippen MR) is 83.8 cm³/mol. The van der Waals surface area contributed by atoms with E-state index in [9.17, 15) is 4.79 Å². The molecular weight excluding hydrogens is 266 g/mol. The number of carbonyl (C=O) groups is 1. The van der Waals surface area contributed by atoms with Gasteiger partial charge in [-0.25, -0.2) is 10.2 Å². The average Bonchev–Trinajstić information content (AvgIpc) is 2.32. The maximum absolute atomic E-state index is 11.8. The Labute approximate surface area is 128 Å². The zero-order valence-corrected chi connectivity index (χ0v) is 14.1. The van der Waals surface area contributed by atoms with Crippen molar-refractivity contribution in [2.75, 3.05) is 13.1 Å². The molecule has 2 fully saturated rings. The van der Waals surface area contributed by atoms with Crippen LogP contribution in [0.5, 0.6) is 0 Å². The zero-order valence-electron chi connectivity index (χ0n) is 14.1. The number of hydrazine groups is 1. The number of ether oxygens (including phenoxy) is 1. The van der Waals surface area contributed by atoms with Crippen molar-refractivity contribution in [1.29, 1.82) is 0 Å². The molecule has 1 saturated carbocycles. The molecule has 0 aromatic heterocycles. The van der Waals surface area contributed by atoms with Crippen molar-refractivity contribution in [3.63, 3.8) is 0 Å². The lowest BCUT2D eigenvalue weighted by molar-refractivity contribution is 0.0153. The lowest BCUT2D eigenvalue weighted by Crippen LogP contribution is -2.61. The van der Waals surface area contributed by atoms with Gasteiger partial charge < -0.3 is 9.64 Å². The van der Waals surface area contributed by atoms with Gasteiger partial charge in [0.05, 0.1) is 0 Å². The van der Waals surface area contributed by atoms with Crippen LogP contribution in [0.1, 0.15) is 53.9 Å². The number of likely N-dealkylation sites (tertiary alicyclic amines) is 1. The van der Waals surface area contributed by atoms with Gasteiger partial charge in [-0.1, -0.05) is 6.42 Å². The maximum Gasteiger partial charge on any atom is 0.422 e. The van der Waals surface area contributed by atoms with E-state index in [1.807, 2.05) is 20.8 Å². The van der Waals surface area contributed by atoms with E-state index in [0.29, 0.717) is 23.9 Å². The quantitative estimate of drug-likeness (QED) is 0.786. The van der Waals surface area contributed by atoms with Crippen molar-refractivity contribution in [3.8, 4) is 0 Å². The van der Waals surface area contributed by atoms with Gasteiger partial charge in [0.25, 0.3) is 0 Å². The summed E-state index contributed by atoms with van der Waals surface area (Å²) in [5.74, 6) is 1.24. The summed E-state index contributed by atoms with van der Waals surface area (Å²) < 4.78 is 5.29. The Morgan fingerprint density at radius 3 is 2.24 bits per heavy atom. The molecule has 0 aromatic carbocycles. The first kappa shape index (κ1) is 16.6. The summed E-state index contributed by atoms with van der Waals surface area (Å²) in [6.07, 6.45) is 3.42. The van der Waals surface area contributed by atoms with Gasteiger partial charge in [-0.3, -0.25) is 5.43 Å². The monoisotopic (exact) mass is 297 g/mol. The smallest absolute Gasteiger partial charge is 0.422 e. The van der Waals surface area contributed by atoms with Crippen LogP contribution in [0.15, 0.2) is 0 Å². The molecule has 2 N–H and O–H groups in total. The molecule has 1 heterocycles.